The second kappa shape index (κ2) is 5.21. The van der Waals surface area contributed by atoms with Crippen molar-refractivity contribution in [1.29, 1.82) is 0 Å². The van der Waals surface area contributed by atoms with Gasteiger partial charge in [0, 0.05) is 31.3 Å². The summed E-state index contributed by atoms with van der Waals surface area (Å²) in [6, 6.07) is 5.78. The van der Waals surface area contributed by atoms with E-state index < -0.39 is 0 Å². The van der Waals surface area contributed by atoms with Crippen molar-refractivity contribution in [2.75, 3.05) is 16.8 Å². The summed E-state index contributed by atoms with van der Waals surface area (Å²) in [6.45, 7) is 4.12. The van der Waals surface area contributed by atoms with E-state index in [-0.39, 0.29) is 11.8 Å². The number of aryl methyl sites for hydroxylation is 1. The van der Waals surface area contributed by atoms with Crippen LogP contribution >= 0.6 is 0 Å². The Morgan fingerprint density at radius 2 is 2.17 bits per heavy atom. The van der Waals surface area contributed by atoms with Crippen LogP contribution in [0.3, 0.4) is 0 Å². The number of amides is 2. The molecule has 4 nitrogen and oxygen atoms in total. The minimum atomic E-state index is -0.0980. The summed E-state index contributed by atoms with van der Waals surface area (Å²) in [5, 5.41) is 2.76. The molecule has 4 heteroatoms. The molecule has 18 heavy (non-hydrogen) atoms. The molecular weight excluding hydrogens is 228 g/mol. The minimum absolute atomic E-state index is 0.0980. The van der Waals surface area contributed by atoms with Crippen molar-refractivity contribution in [2.45, 2.75) is 33.1 Å². The molecule has 1 aliphatic heterocycles. The standard InChI is InChI=1S/C14H18N2O2/c1-3-14(18)16-8-4-5-11-6-7-12(9-13(11)16)15-10(2)17/h6-7,9H,3-5,8H2,1-2H3,(H,15,17). The zero-order valence-electron chi connectivity index (χ0n) is 10.8. The van der Waals surface area contributed by atoms with Crippen LogP contribution in [0.4, 0.5) is 11.4 Å². The minimum Gasteiger partial charge on any atom is -0.326 e. The van der Waals surface area contributed by atoms with Crippen molar-refractivity contribution in [3.63, 3.8) is 0 Å². The normalized spacial score (nSPS) is 14.0. The number of nitrogens with zero attached hydrogens (tertiary/aromatic N) is 1. The maximum Gasteiger partial charge on any atom is 0.226 e. The lowest BCUT2D eigenvalue weighted by atomic mass is 10.0. The van der Waals surface area contributed by atoms with Crippen molar-refractivity contribution in [3.8, 4) is 0 Å². The van der Waals surface area contributed by atoms with E-state index in [2.05, 4.69) is 5.32 Å². The lowest BCUT2D eigenvalue weighted by Crippen LogP contribution is -2.34. The van der Waals surface area contributed by atoms with E-state index in [0.29, 0.717) is 6.42 Å². The third-order valence-electron chi connectivity index (χ3n) is 3.13. The fourth-order valence-electron chi connectivity index (χ4n) is 2.31. The number of carbonyl (C=O) groups excluding carboxylic acids is 2. The number of anilines is 2. The van der Waals surface area contributed by atoms with E-state index in [0.717, 1.165) is 30.8 Å². The van der Waals surface area contributed by atoms with Crippen molar-refractivity contribution in [1.82, 2.24) is 0 Å². The van der Waals surface area contributed by atoms with Gasteiger partial charge in [0.15, 0.2) is 0 Å². The van der Waals surface area contributed by atoms with Crippen LogP contribution in [-0.4, -0.2) is 18.4 Å². The summed E-state index contributed by atoms with van der Waals surface area (Å²) >= 11 is 0. The van der Waals surface area contributed by atoms with Gasteiger partial charge in [0.25, 0.3) is 0 Å². The Morgan fingerprint density at radius 3 is 2.83 bits per heavy atom. The van der Waals surface area contributed by atoms with Crippen molar-refractivity contribution >= 4 is 23.2 Å². The lowest BCUT2D eigenvalue weighted by molar-refractivity contribution is -0.118. The smallest absolute Gasteiger partial charge is 0.226 e. The van der Waals surface area contributed by atoms with E-state index in [1.165, 1.54) is 12.5 Å². The first-order chi connectivity index (χ1) is 8.61. The van der Waals surface area contributed by atoms with E-state index in [9.17, 15) is 9.59 Å². The van der Waals surface area contributed by atoms with Gasteiger partial charge in [0.2, 0.25) is 11.8 Å². The highest BCUT2D eigenvalue weighted by atomic mass is 16.2. The summed E-state index contributed by atoms with van der Waals surface area (Å²) in [7, 11) is 0. The van der Waals surface area contributed by atoms with Gasteiger partial charge in [0.05, 0.1) is 0 Å². The molecule has 0 aliphatic carbocycles. The Balaban J connectivity index is 2.34. The van der Waals surface area contributed by atoms with Crippen LogP contribution in [0.5, 0.6) is 0 Å². The Labute approximate surface area is 107 Å². The number of nitrogens with one attached hydrogen (secondary N) is 1. The molecule has 1 aromatic rings. The molecule has 0 radical (unpaired) electrons. The Bertz CT molecular complexity index is 483. The number of rotatable bonds is 2. The molecule has 0 unspecified atom stereocenters. The first kappa shape index (κ1) is 12.6. The van der Waals surface area contributed by atoms with Gasteiger partial charge in [-0.3, -0.25) is 9.59 Å². The molecule has 96 valence electrons. The van der Waals surface area contributed by atoms with Crippen LogP contribution in [0.15, 0.2) is 18.2 Å². The quantitative estimate of drug-likeness (QED) is 0.870. The topological polar surface area (TPSA) is 49.4 Å². The molecule has 0 fully saturated rings. The highest BCUT2D eigenvalue weighted by Crippen LogP contribution is 2.30. The Morgan fingerprint density at radius 1 is 1.39 bits per heavy atom. The molecular formula is C14H18N2O2. The maximum absolute atomic E-state index is 11.9. The first-order valence-electron chi connectivity index (χ1n) is 6.32. The summed E-state index contributed by atoms with van der Waals surface area (Å²) < 4.78 is 0. The molecule has 1 heterocycles. The summed E-state index contributed by atoms with van der Waals surface area (Å²) in [6.07, 6.45) is 2.49. The third-order valence-corrected chi connectivity index (χ3v) is 3.13. The van der Waals surface area contributed by atoms with Gasteiger partial charge in [-0.2, -0.15) is 0 Å². The van der Waals surface area contributed by atoms with Crippen LogP contribution < -0.4 is 10.2 Å². The molecule has 2 amide bonds. The van der Waals surface area contributed by atoms with E-state index >= 15 is 0 Å². The first-order valence-corrected chi connectivity index (χ1v) is 6.32. The van der Waals surface area contributed by atoms with Gasteiger partial charge >= 0.3 is 0 Å². The summed E-state index contributed by atoms with van der Waals surface area (Å²) in [5.74, 6) is 0.0371. The summed E-state index contributed by atoms with van der Waals surface area (Å²) in [4.78, 5) is 24.8. The molecule has 0 spiro atoms. The van der Waals surface area contributed by atoms with Crippen LogP contribution in [0, 0.1) is 0 Å². The molecule has 0 bridgehead atoms. The van der Waals surface area contributed by atoms with Crippen molar-refractivity contribution < 1.29 is 9.59 Å². The highest BCUT2D eigenvalue weighted by Gasteiger charge is 2.21. The van der Waals surface area contributed by atoms with E-state index in [1.54, 1.807) is 0 Å². The fraction of sp³-hybridized carbons (Fsp3) is 0.429. The number of carbonyl (C=O) groups is 2. The SMILES string of the molecule is CCC(=O)N1CCCc2ccc(NC(C)=O)cc21. The van der Waals surface area contributed by atoms with E-state index in [1.807, 2.05) is 30.0 Å². The number of fused-ring (bicyclic) bond motifs is 1. The zero-order chi connectivity index (χ0) is 13.1. The Kier molecular flexibility index (Phi) is 3.65. The van der Waals surface area contributed by atoms with Crippen LogP contribution in [0.25, 0.3) is 0 Å². The second-order valence-electron chi connectivity index (χ2n) is 4.53. The molecule has 1 aliphatic rings. The lowest BCUT2D eigenvalue weighted by Gasteiger charge is -2.29. The van der Waals surface area contributed by atoms with Gasteiger partial charge in [-0.25, -0.2) is 0 Å². The number of hydrogen-bond acceptors (Lipinski definition) is 2. The zero-order valence-corrected chi connectivity index (χ0v) is 10.8. The van der Waals surface area contributed by atoms with Crippen LogP contribution in [0.1, 0.15) is 32.3 Å². The largest absolute Gasteiger partial charge is 0.326 e. The van der Waals surface area contributed by atoms with Gasteiger partial charge in [-0.15, -0.1) is 0 Å². The number of hydrogen-bond donors (Lipinski definition) is 1. The molecule has 0 atom stereocenters. The summed E-state index contributed by atoms with van der Waals surface area (Å²) in [5.41, 5.74) is 2.87. The average molecular weight is 246 g/mol. The highest BCUT2D eigenvalue weighted by molar-refractivity contribution is 5.96. The van der Waals surface area contributed by atoms with Gasteiger partial charge < -0.3 is 10.2 Å². The van der Waals surface area contributed by atoms with Gasteiger partial charge in [-0.05, 0) is 30.5 Å². The molecule has 0 saturated heterocycles. The van der Waals surface area contributed by atoms with Crippen LogP contribution in [0.2, 0.25) is 0 Å². The van der Waals surface area contributed by atoms with Crippen molar-refractivity contribution in [2.24, 2.45) is 0 Å². The monoisotopic (exact) mass is 246 g/mol. The van der Waals surface area contributed by atoms with Gasteiger partial charge in [-0.1, -0.05) is 13.0 Å². The predicted octanol–water partition coefficient (Wildman–Crippen LogP) is 2.33. The van der Waals surface area contributed by atoms with Gasteiger partial charge in [0.1, 0.15) is 0 Å². The Hall–Kier alpha value is -1.84. The number of benzene rings is 1. The average Bonchev–Trinajstić information content (AvgIpc) is 2.36. The third kappa shape index (κ3) is 2.53. The van der Waals surface area contributed by atoms with Crippen LogP contribution in [-0.2, 0) is 16.0 Å². The van der Waals surface area contributed by atoms with E-state index in [4.69, 9.17) is 0 Å². The van der Waals surface area contributed by atoms with Crippen molar-refractivity contribution in [3.05, 3.63) is 23.8 Å². The molecule has 2 rings (SSSR count). The molecule has 1 N–H and O–H groups in total. The molecule has 0 aromatic heterocycles. The molecule has 0 saturated carbocycles. The molecule has 1 aromatic carbocycles. The maximum atomic E-state index is 11.9. The fourth-order valence-corrected chi connectivity index (χ4v) is 2.31. The predicted molar refractivity (Wildman–Crippen MR) is 71.7 cm³/mol. The second-order valence-corrected chi connectivity index (χ2v) is 4.53.